The van der Waals surface area contributed by atoms with Gasteiger partial charge in [-0.15, -0.1) is 0 Å². The first-order valence-electron chi connectivity index (χ1n) is 11.7. The van der Waals surface area contributed by atoms with Gasteiger partial charge in [0.2, 0.25) is 5.91 Å². The normalized spacial score (nSPS) is 10.7. The lowest BCUT2D eigenvalue weighted by Crippen LogP contribution is -2.23. The lowest BCUT2D eigenvalue weighted by atomic mass is 10.1. The van der Waals surface area contributed by atoms with Crippen molar-refractivity contribution in [3.8, 4) is 28.4 Å². The number of aryl methyl sites for hydroxylation is 1. The SMILES string of the molecule is CCOc1ccccc1CNC(=O)CCc1ccc(-c2ccc(Cl)cc2)n1-c1ccc(OC)cc1. The van der Waals surface area contributed by atoms with Crippen molar-refractivity contribution < 1.29 is 14.3 Å². The number of para-hydroxylation sites is 1. The minimum absolute atomic E-state index is 0.00757. The highest BCUT2D eigenvalue weighted by Crippen LogP contribution is 2.29. The summed E-state index contributed by atoms with van der Waals surface area (Å²) in [6.45, 7) is 2.97. The predicted octanol–water partition coefficient (Wildman–Crippen LogP) is 6.45. The largest absolute Gasteiger partial charge is 0.497 e. The smallest absolute Gasteiger partial charge is 0.220 e. The molecule has 4 rings (SSSR count). The molecule has 0 saturated heterocycles. The van der Waals surface area contributed by atoms with Crippen LogP contribution in [0.1, 0.15) is 24.6 Å². The number of nitrogens with zero attached hydrogens (tertiary/aromatic N) is 1. The third kappa shape index (κ3) is 6.06. The topological polar surface area (TPSA) is 52.5 Å². The first kappa shape index (κ1) is 24.4. The molecule has 5 nitrogen and oxygen atoms in total. The van der Waals surface area contributed by atoms with E-state index in [-0.39, 0.29) is 5.91 Å². The van der Waals surface area contributed by atoms with E-state index < -0.39 is 0 Å². The van der Waals surface area contributed by atoms with Crippen molar-refractivity contribution in [2.24, 2.45) is 0 Å². The van der Waals surface area contributed by atoms with Crippen LogP contribution in [0.25, 0.3) is 16.9 Å². The van der Waals surface area contributed by atoms with Gasteiger partial charge in [-0.25, -0.2) is 0 Å². The Labute approximate surface area is 211 Å². The summed E-state index contributed by atoms with van der Waals surface area (Å²) in [5.74, 6) is 1.59. The summed E-state index contributed by atoms with van der Waals surface area (Å²) in [4.78, 5) is 12.7. The number of benzene rings is 3. The van der Waals surface area contributed by atoms with Gasteiger partial charge < -0.3 is 19.4 Å². The fourth-order valence-electron chi connectivity index (χ4n) is 4.03. The summed E-state index contributed by atoms with van der Waals surface area (Å²) in [5.41, 5.74) is 5.10. The molecule has 0 radical (unpaired) electrons. The van der Waals surface area contributed by atoms with Gasteiger partial charge in [0.05, 0.1) is 19.4 Å². The van der Waals surface area contributed by atoms with E-state index in [0.29, 0.717) is 31.0 Å². The van der Waals surface area contributed by atoms with Crippen LogP contribution in [-0.4, -0.2) is 24.2 Å². The number of hydrogen-bond acceptors (Lipinski definition) is 3. The number of ether oxygens (including phenoxy) is 2. The highest BCUT2D eigenvalue weighted by Gasteiger charge is 2.14. The molecule has 0 bridgehead atoms. The number of halogens is 1. The van der Waals surface area contributed by atoms with E-state index in [1.54, 1.807) is 7.11 Å². The Balaban J connectivity index is 1.52. The third-order valence-electron chi connectivity index (χ3n) is 5.79. The lowest BCUT2D eigenvalue weighted by molar-refractivity contribution is -0.121. The number of rotatable bonds is 10. The highest BCUT2D eigenvalue weighted by molar-refractivity contribution is 6.30. The van der Waals surface area contributed by atoms with Gasteiger partial charge in [0.15, 0.2) is 0 Å². The quantitative estimate of drug-likeness (QED) is 0.279. The molecule has 4 aromatic rings. The Morgan fingerprint density at radius 3 is 2.40 bits per heavy atom. The molecule has 0 aliphatic rings. The van der Waals surface area contributed by atoms with Crippen molar-refractivity contribution in [1.82, 2.24) is 9.88 Å². The standard InChI is InChI=1S/C29H29ClN2O3/c1-3-35-28-7-5-4-6-22(28)20-31-29(33)19-15-25-14-18-27(21-8-10-23(30)11-9-21)32(25)24-12-16-26(34-2)17-13-24/h4-14,16-18H,3,15,19-20H2,1-2H3,(H,31,33). The van der Waals surface area contributed by atoms with Gasteiger partial charge in [-0.3, -0.25) is 4.79 Å². The van der Waals surface area contributed by atoms with E-state index in [1.165, 1.54) is 0 Å². The van der Waals surface area contributed by atoms with E-state index in [1.807, 2.05) is 79.7 Å². The maximum absolute atomic E-state index is 12.7. The number of carbonyl (C=O) groups is 1. The van der Waals surface area contributed by atoms with Crippen LogP contribution in [0.4, 0.5) is 0 Å². The van der Waals surface area contributed by atoms with Crippen molar-refractivity contribution >= 4 is 17.5 Å². The molecule has 1 heterocycles. The number of amides is 1. The van der Waals surface area contributed by atoms with Crippen LogP contribution in [-0.2, 0) is 17.8 Å². The van der Waals surface area contributed by atoms with E-state index in [4.69, 9.17) is 21.1 Å². The molecule has 1 N–H and O–H groups in total. The molecule has 0 unspecified atom stereocenters. The first-order chi connectivity index (χ1) is 17.1. The summed E-state index contributed by atoms with van der Waals surface area (Å²) < 4.78 is 13.2. The van der Waals surface area contributed by atoms with E-state index in [9.17, 15) is 4.79 Å². The summed E-state index contributed by atoms with van der Waals surface area (Å²) >= 11 is 6.11. The molecule has 0 fully saturated rings. The molecule has 1 amide bonds. The van der Waals surface area contributed by atoms with Gasteiger partial charge in [-0.05, 0) is 73.5 Å². The van der Waals surface area contributed by atoms with Crippen LogP contribution in [0, 0.1) is 0 Å². The van der Waals surface area contributed by atoms with Crippen molar-refractivity contribution in [1.29, 1.82) is 0 Å². The summed E-state index contributed by atoms with van der Waals surface area (Å²) in [7, 11) is 1.65. The maximum Gasteiger partial charge on any atom is 0.220 e. The van der Waals surface area contributed by atoms with Gasteiger partial charge in [0.1, 0.15) is 11.5 Å². The number of nitrogens with one attached hydrogen (secondary N) is 1. The minimum atomic E-state index is -0.00757. The average Bonchev–Trinajstić information content (AvgIpc) is 3.31. The van der Waals surface area contributed by atoms with E-state index in [0.717, 1.165) is 39.7 Å². The maximum atomic E-state index is 12.7. The first-order valence-corrected chi connectivity index (χ1v) is 12.0. The Kier molecular flexibility index (Phi) is 8.11. The monoisotopic (exact) mass is 488 g/mol. The number of aromatic nitrogens is 1. The molecular formula is C29H29ClN2O3. The van der Waals surface area contributed by atoms with Crippen LogP contribution in [0.3, 0.4) is 0 Å². The summed E-state index contributed by atoms with van der Waals surface area (Å²) in [6, 6.07) is 27.6. The van der Waals surface area contributed by atoms with Gasteiger partial charge in [0, 0.05) is 34.9 Å². The average molecular weight is 489 g/mol. The fraction of sp³-hybridized carbons (Fsp3) is 0.207. The molecule has 0 saturated carbocycles. The van der Waals surface area contributed by atoms with Gasteiger partial charge >= 0.3 is 0 Å². The number of hydrogen-bond donors (Lipinski definition) is 1. The van der Waals surface area contributed by atoms with Crippen molar-refractivity contribution in [2.75, 3.05) is 13.7 Å². The zero-order valence-electron chi connectivity index (χ0n) is 20.0. The van der Waals surface area contributed by atoms with Crippen LogP contribution in [0.5, 0.6) is 11.5 Å². The summed E-state index contributed by atoms with van der Waals surface area (Å²) in [6.07, 6.45) is 0.968. The van der Waals surface area contributed by atoms with Crippen molar-refractivity contribution in [3.63, 3.8) is 0 Å². The third-order valence-corrected chi connectivity index (χ3v) is 6.04. The molecule has 0 atom stereocenters. The van der Waals surface area contributed by atoms with Crippen molar-refractivity contribution in [2.45, 2.75) is 26.3 Å². The Morgan fingerprint density at radius 2 is 1.69 bits per heavy atom. The molecule has 0 spiro atoms. The highest BCUT2D eigenvalue weighted by atomic mass is 35.5. The van der Waals surface area contributed by atoms with Crippen molar-refractivity contribution in [3.05, 3.63) is 101 Å². The molecule has 0 aliphatic heterocycles. The predicted molar refractivity (Wildman–Crippen MR) is 141 cm³/mol. The van der Waals surface area contributed by atoms with Crippen LogP contribution < -0.4 is 14.8 Å². The molecule has 3 aromatic carbocycles. The van der Waals surface area contributed by atoms with Gasteiger partial charge in [0.25, 0.3) is 0 Å². The zero-order chi connectivity index (χ0) is 24.6. The summed E-state index contributed by atoms with van der Waals surface area (Å²) in [5, 5.41) is 3.72. The Morgan fingerprint density at radius 1 is 0.943 bits per heavy atom. The Bertz CT molecular complexity index is 1260. The van der Waals surface area contributed by atoms with E-state index in [2.05, 4.69) is 22.0 Å². The molecular weight excluding hydrogens is 460 g/mol. The minimum Gasteiger partial charge on any atom is -0.497 e. The lowest BCUT2D eigenvalue weighted by Gasteiger charge is -2.15. The second-order valence-electron chi connectivity index (χ2n) is 8.07. The second-order valence-corrected chi connectivity index (χ2v) is 8.50. The van der Waals surface area contributed by atoms with E-state index >= 15 is 0 Å². The van der Waals surface area contributed by atoms with Crippen LogP contribution in [0.15, 0.2) is 84.9 Å². The molecule has 1 aromatic heterocycles. The molecule has 6 heteroatoms. The van der Waals surface area contributed by atoms with Gasteiger partial charge in [-0.2, -0.15) is 0 Å². The second kappa shape index (κ2) is 11.6. The number of carbonyl (C=O) groups excluding carboxylic acids is 1. The zero-order valence-corrected chi connectivity index (χ0v) is 20.7. The van der Waals surface area contributed by atoms with Crippen LogP contribution in [0.2, 0.25) is 5.02 Å². The molecule has 35 heavy (non-hydrogen) atoms. The van der Waals surface area contributed by atoms with Crippen LogP contribution >= 0.6 is 11.6 Å². The van der Waals surface area contributed by atoms with Gasteiger partial charge in [-0.1, -0.05) is 41.9 Å². The Hall–Kier alpha value is -3.70. The number of methoxy groups -OCH3 is 1. The molecule has 180 valence electrons. The fourth-order valence-corrected chi connectivity index (χ4v) is 4.15. The molecule has 0 aliphatic carbocycles.